The van der Waals surface area contributed by atoms with Crippen LogP contribution < -0.4 is 10.6 Å². The van der Waals surface area contributed by atoms with Crippen LogP contribution in [0.1, 0.15) is 28.2 Å². The summed E-state index contributed by atoms with van der Waals surface area (Å²) in [6.45, 7) is 1.75. The Bertz CT molecular complexity index is 933. The van der Waals surface area contributed by atoms with E-state index in [1.807, 2.05) is 0 Å². The quantitative estimate of drug-likeness (QED) is 0.817. The lowest BCUT2D eigenvalue weighted by Crippen LogP contribution is -2.26. The van der Waals surface area contributed by atoms with Crippen molar-refractivity contribution >= 4 is 21.7 Å². The van der Waals surface area contributed by atoms with E-state index < -0.39 is 21.6 Å². The van der Waals surface area contributed by atoms with Gasteiger partial charge in [0.1, 0.15) is 11.5 Å². The lowest BCUT2D eigenvalue weighted by molar-refractivity contribution is 0.0945. The molecule has 1 saturated heterocycles. The molecule has 0 saturated carbocycles. The van der Waals surface area contributed by atoms with Crippen molar-refractivity contribution in [3.05, 3.63) is 53.1 Å². The van der Waals surface area contributed by atoms with Crippen LogP contribution >= 0.6 is 0 Å². The number of nitrogens with zero attached hydrogens (tertiary/aromatic N) is 2. The summed E-state index contributed by atoms with van der Waals surface area (Å²) < 4.78 is 36.7. The van der Waals surface area contributed by atoms with E-state index in [0.717, 1.165) is 0 Å². The number of nitrogens with one attached hydrogen (secondary N) is 2. The van der Waals surface area contributed by atoms with Gasteiger partial charge in [-0.1, -0.05) is 18.2 Å². The summed E-state index contributed by atoms with van der Waals surface area (Å²) in [6.07, 6.45) is 0.481. The molecule has 0 aliphatic carbocycles. The van der Waals surface area contributed by atoms with Crippen LogP contribution in [0.4, 0.5) is 10.3 Å². The number of hydrogen-bond donors (Lipinski definition) is 2. The number of anilines is 1. The fraction of sp³-hybridized carbons (Fsp3) is 0.353. The van der Waals surface area contributed by atoms with Gasteiger partial charge in [0.25, 0.3) is 5.91 Å². The summed E-state index contributed by atoms with van der Waals surface area (Å²) in [5, 5.41) is 5.60. The largest absolute Gasteiger partial charge is 0.350 e. The highest BCUT2D eigenvalue weighted by Crippen LogP contribution is 2.16. The number of halogens is 1. The molecule has 1 aromatic heterocycles. The third-order valence-corrected chi connectivity index (χ3v) is 5.82. The Hall–Kier alpha value is -2.55. The second-order valence-electron chi connectivity index (χ2n) is 6.24. The van der Waals surface area contributed by atoms with E-state index in [-0.39, 0.29) is 35.7 Å². The van der Waals surface area contributed by atoms with E-state index in [9.17, 15) is 17.6 Å². The minimum Gasteiger partial charge on any atom is -0.350 e. The number of carbonyl (C=O) groups excluding carboxylic acids is 1. The number of sulfone groups is 1. The van der Waals surface area contributed by atoms with E-state index >= 15 is 0 Å². The highest BCUT2D eigenvalue weighted by Gasteiger charge is 2.28. The first-order valence-electron chi connectivity index (χ1n) is 8.17. The van der Waals surface area contributed by atoms with Gasteiger partial charge in [-0.2, -0.15) is 0 Å². The Morgan fingerprint density at radius 2 is 2.08 bits per heavy atom. The summed E-state index contributed by atoms with van der Waals surface area (Å²) in [5.74, 6) is -0.480. The minimum absolute atomic E-state index is 0.0269. The van der Waals surface area contributed by atoms with Crippen molar-refractivity contribution in [2.24, 2.45) is 0 Å². The van der Waals surface area contributed by atoms with E-state index in [2.05, 4.69) is 20.6 Å². The van der Waals surface area contributed by atoms with Crippen molar-refractivity contribution in [1.82, 2.24) is 15.3 Å². The number of rotatable bonds is 5. The molecule has 2 N–H and O–H groups in total. The van der Waals surface area contributed by atoms with E-state index in [1.165, 1.54) is 12.1 Å². The third kappa shape index (κ3) is 4.54. The molecule has 2 heterocycles. The van der Waals surface area contributed by atoms with Crippen molar-refractivity contribution in [1.29, 1.82) is 0 Å². The molecule has 1 fully saturated rings. The summed E-state index contributed by atoms with van der Waals surface area (Å²) >= 11 is 0. The van der Waals surface area contributed by atoms with E-state index in [4.69, 9.17) is 0 Å². The smallest absolute Gasteiger partial charge is 0.270 e. The van der Waals surface area contributed by atoms with Crippen molar-refractivity contribution < 1.29 is 17.6 Å². The number of aryl methyl sites for hydroxylation is 1. The molecule has 0 spiro atoms. The Morgan fingerprint density at radius 1 is 1.31 bits per heavy atom. The van der Waals surface area contributed by atoms with Crippen LogP contribution in [0.5, 0.6) is 0 Å². The first kappa shape index (κ1) is 18.2. The van der Waals surface area contributed by atoms with Crippen LogP contribution in [-0.4, -0.2) is 41.8 Å². The fourth-order valence-corrected chi connectivity index (χ4v) is 4.42. The molecule has 9 heteroatoms. The molecule has 1 aliphatic rings. The Labute approximate surface area is 151 Å². The number of hydrogen-bond acceptors (Lipinski definition) is 6. The molecule has 2 aromatic rings. The molecule has 7 nitrogen and oxygen atoms in total. The Balaban J connectivity index is 1.68. The Kier molecular flexibility index (Phi) is 5.17. The first-order valence-corrected chi connectivity index (χ1v) is 9.99. The molecular formula is C17H19FN4O3S. The average molecular weight is 378 g/mol. The van der Waals surface area contributed by atoms with Crippen LogP contribution in [0.2, 0.25) is 0 Å². The van der Waals surface area contributed by atoms with Gasteiger partial charge in [0.05, 0.1) is 11.5 Å². The predicted octanol–water partition coefficient (Wildman–Crippen LogP) is 1.45. The van der Waals surface area contributed by atoms with Crippen LogP contribution in [0.25, 0.3) is 0 Å². The monoisotopic (exact) mass is 378 g/mol. The lowest BCUT2D eigenvalue weighted by Gasteiger charge is -2.12. The number of aromatic nitrogens is 2. The van der Waals surface area contributed by atoms with E-state index in [1.54, 1.807) is 25.1 Å². The van der Waals surface area contributed by atoms with Gasteiger partial charge in [0, 0.05) is 23.8 Å². The Morgan fingerprint density at radius 3 is 2.77 bits per heavy atom. The van der Waals surface area contributed by atoms with Gasteiger partial charge in [-0.15, -0.1) is 0 Å². The molecule has 1 atom stereocenters. The van der Waals surface area contributed by atoms with Crippen LogP contribution in [0, 0.1) is 12.7 Å². The molecule has 1 amide bonds. The average Bonchev–Trinajstić information content (AvgIpc) is 2.92. The van der Waals surface area contributed by atoms with Crippen molar-refractivity contribution in [2.45, 2.75) is 25.9 Å². The van der Waals surface area contributed by atoms with Crippen LogP contribution in [-0.2, 0) is 16.4 Å². The zero-order valence-corrected chi connectivity index (χ0v) is 15.0. The van der Waals surface area contributed by atoms with Crippen molar-refractivity contribution in [3.63, 3.8) is 0 Å². The van der Waals surface area contributed by atoms with Crippen molar-refractivity contribution in [3.8, 4) is 0 Å². The molecule has 0 bridgehead atoms. The van der Waals surface area contributed by atoms with Gasteiger partial charge in [-0.3, -0.25) is 4.79 Å². The van der Waals surface area contributed by atoms with Gasteiger partial charge in [0.15, 0.2) is 9.84 Å². The van der Waals surface area contributed by atoms with Crippen LogP contribution in [0.15, 0.2) is 30.3 Å². The molecule has 1 aromatic carbocycles. The third-order valence-electron chi connectivity index (χ3n) is 4.05. The number of amides is 1. The first-order chi connectivity index (χ1) is 12.3. The maximum atomic E-state index is 13.6. The summed E-state index contributed by atoms with van der Waals surface area (Å²) in [6, 6.07) is 7.44. The second kappa shape index (κ2) is 7.36. The molecule has 3 rings (SSSR count). The maximum absolute atomic E-state index is 13.6. The van der Waals surface area contributed by atoms with Gasteiger partial charge in [-0.25, -0.2) is 22.8 Å². The molecular weight excluding hydrogens is 359 g/mol. The molecule has 0 radical (unpaired) electrons. The van der Waals surface area contributed by atoms with Gasteiger partial charge in [-0.05, 0) is 25.5 Å². The highest BCUT2D eigenvalue weighted by molar-refractivity contribution is 7.91. The molecule has 138 valence electrons. The van der Waals surface area contributed by atoms with Gasteiger partial charge < -0.3 is 10.6 Å². The standard InChI is InChI=1S/C17H19FN4O3S/c1-11-8-15(16(23)19-9-12-4-2-3-5-14(12)18)22-17(20-11)21-13-6-7-26(24,25)10-13/h2-5,8,13H,6-7,9-10H2,1H3,(H,19,23)(H,20,21,22). The van der Waals surface area contributed by atoms with Crippen molar-refractivity contribution in [2.75, 3.05) is 16.8 Å². The zero-order valence-electron chi connectivity index (χ0n) is 14.2. The van der Waals surface area contributed by atoms with Gasteiger partial charge >= 0.3 is 0 Å². The SMILES string of the molecule is Cc1cc(C(=O)NCc2ccccc2F)nc(NC2CCS(=O)(=O)C2)n1. The topological polar surface area (TPSA) is 101 Å². The number of carbonyl (C=O) groups is 1. The fourth-order valence-electron chi connectivity index (χ4n) is 2.75. The molecule has 26 heavy (non-hydrogen) atoms. The van der Waals surface area contributed by atoms with Gasteiger partial charge in [0.2, 0.25) is 5.95 Å². The van der Waals surface area contributed by atoms with Crippen LogP contribution in [0.3, 0.4) is 0 Å². The predicted molar refractivity (Wildman–Crippen MR) is 95.0 cm³/mol. The minimum atomic E-state index is -3.03. The second-order valence-corrected chi connectivity index (χ2v) is 8.47. The maximum Gasteiger partial charge on any atom is 0.270 e. The summed E-state index contributed by atoms with van der Waals surface area (Å²) in [5.41, 5.74) is 1.08. The summed E-state index contributed by atoms with van der Waals surface area (Å²) in [7, 11) is -3.03. The normalized spacial score (nSPS) is 18.5. The highest BCUT2D eigenvalue weighted by atomic mass is 32.2. The lowest BCUT2D eigenvalue weighted by atomic mass is 10.2. The zero-order chi connectivity index (χ0) is 18.7. The molecule has 1 aliphatic heterocycles. The number of benzene rings is 1. The molecule has 1 unspecified atom stereocenters. The van der Waals surface area contributed by atoms with E-state index in [0.29, 0.717) is 17.7 Å². The summed E-state index contributed by atoms with van der Waals surface area (Å²) in [4.78, 5) is 20.7.